The summed E-state index contributed by atoms with van der Waals surface area (Å²) in [4.78, 5) is 0. The maximum Gasteiger partial charge on any atom is 0.161 e. The van der Waals surface area contributed by atoms with Gasteiger partial charge in [-0.2, -0.15) is 5.10 Å². The van der Waals surface area contributed by atoms with Crippen LogP contribution in [-0.4, -0.2) is 23.4 Å². The van der Waals surface area contributed by atoms with Crippen LogP contribution in [0.3, 0.4) is 0 Å². The van der Waals surface area contributed by atoms with E-state index in [0.717, 1.165) is 41.5 Å². The van der Waals surface area contributed by atoms with Crippen molar-refractivity contribution in [2.75, 3.05) is 13.7 Å². The van der Waals surface area contributed by atoms with E-state index in [0.29, 0.717) is 0 Å². The number of aryl methyl sites for hydroxylation is 1. The largest absolute Gasteiger partial charge is 0.493 e. The SMILES string of the molecule is CCCNC(c1ccc(Cl)cc1)c1c(OC)cnn1CC. The second kappa shape index (κ2) is 7.48. The zero-order valence-electron chi connectivity index (χ0n) is 12.8. The minimum Gasteiger partial charge on any atom is -0.493 e. The van der Waals surface area contributed by atoms with Crippen LogP contribution in [0.2, 0.25) is 5.02 Å². The summed E-state index contributed by atoms with van der Waals surface area (Å²) in [5.74, 6) is 0.806. The van der Waals surface area contributed by atoms with Gasteiger partial charge in [0.15, 0.2) is 5.75 Å². The molecule has 1 N–H and O–H groups in total. The molecule has 0 aliphatic carbocycles. The first-order chi connectivity index (χ1) is 10.2. The molecular formula is C16H22ClN3O. The van der Waals surface area contributed by atoms with E-state index in [-0.39, 0.29) is 6.04 Å². The first-order valence-corrected chi connectivity index (χ1v) is 7.67. The summed E-state index contributed by atoms with van der Waals surface area (Å²) < 4.78 is 7.46. The van der Waals surface area contributed by atoms with E-state index in [1.807, 2.05) is 28.9 Å². The number of hydrogen-bond donors (Lipinski definition) is 1. The van der Waals surface area contributed by atoms with Gasteiger partial charge in [0.2, 0.25) is 0 Å². The highest BCUT2D eigenvalue weighted by atomic mass is 35.5. The molecule has 0 spiro atoms. The Hall–Kier alpha value is -1.52. The van der Waals surface area contributed by atoms with Gasteiger partial charge in [-0.05, 0) is 37.6 Å². The fourth-order valence-electron chi connectivity index (χ4n) is 2.39. The average molecular weight is 308 g/mol. The molecule has 0 aliphatic heterocycles. The van der Waals surface area contributed by atoms with Crippen molar-refractivity contribution in [3.63, 3.8) is 0 Å². The molecule has 2 rings (SSSR count). The Labute approximate surface area is 131 Å². The molecule has 1 aromatic heterocycles. The molecule has 2 aromatic rings. The molecule has 21 heavy (non-hydrogen) atoms. The van der Waals surface area contributed by atoms with Gasteiger partial charge >= 0.3 is 0 Å². The van der Waals surface area contributed by atoms with Gasteiger partial charge in [0.05, 0.1) is 19.3 Å². The molecule has 114 valence electrons. The number of nitrogens with zero attached hydrogens (tertiary/aromatic N) is 2. The molecule has 5 heteroatoms. The Kier molecular flexibility index (Phi) is 5.65. The number of nitrogens with one attached hydrogen (secondary N) is 1. The van der Waals surface area contributed by atoms with Gasteiger partial charge in [0.25, 0.3) is 0 Å². The van der Waals surface area contributed by atoms with Gasteiger partial charge in [-0.15, -0.1) is 0 Å². The normalized spacial score (nSPS) is 12.4. The molecule has 0 amide bonds. The van der Waals surface area contributed by atoms with Gasteiger partial charge < -0.3 is 10.1 Å². The predicted octanol–water partition coefficient (Wildman–Crippen LogP) is 3.65. The van der Waals surface area contributed by atoms with Crippen LogP contribution in [0.25, 0.3) is 0 Å². The molecule has 0 saturated heterocycles. The molecule has 0 bridgehead atoms. The molecule has 0 aliphatic rings. The number of halogens is 1. The number of hydrogen-bond acceptors (Lipinski definition) is 3. The summed E-state index contributed by atoms with van der Waals surface area (Å²) in [5, 5.41) is 8.72. The van der Waals surface area contributed by atoms with Crippen molar-refractivity contribution >= 4 is 11.6 Å². The smallest absolute Gasteiger partial charge is 0.161 e. The second-order valence-electron chi connectivity index (χ2n) is 4.85. The van der Waals surface area contributed by atoms with E-state index in [1.54, 1.807) is 13.3 Å². The summed E-state index contributed by atoms with van der Waals surface area (Å²) in [6.07, 6.45) is 2.84. The summed E-state index contributed by atoms with van der Waals surface area (Å²) >= 11 is 6.00. The van der Waals surface area contributed by atoms with E-state index in [4.69, 9.17) is 16.3 Å². The van der Waals surface area contributed by atoms with Crippen molar-refractivity contribution in [2.45, 2.75) is 32.9 Å². The van der Waals surface area contributed by atoms with Gasteiger partial charge in [0, 0.05) is 11.6 Å². The first-order valence-electron chi connectivity index (χ1n) is 7.29. The van der Waals surface area contributed by atoms with Crippen molar-refractivity contribution in [3.8, 4) is 5.75 Å². The maximum absolute atomic E-state index is 6.00. The van der Waals surface area contributed by atoms with Crippen LogP contribution in [0.1, 0.15) is 37.6 Å². The van der Waals surface area contributed by atoms with Crippen molar-refractivity contribution < 1.29 is 4.74 Å². The number of aromatic nitrogens is 2. The maximum atomic E-state index is 6.00. The van der Waals surface area contributed by atoms with E-state index in [1.165, 1.54) is 0 Å². The summed E-state index contributed by atoms with van der Waals surface area (Å²) in [6, 6.07) is 7.96. The standard InChI is InChI=1S/C16H22ClN3O/c1-4-10-18-15(12-6-8-13(17)9-7-12)16-14(21-3)11-19-20(16)5-2/h6-9,11,15,18H,4-5,10H2,1-3H3. The lowest BCUT2D eigenvalue weighted by Gasteiger charge is -2.21. The highest BCUT2D eigenvalue weighted by molar-refractivity contribution is 6.30. The summed E-state index contributed by atoms with van der Waals surface area (Å²) in [7, 11) is 1.68. The second-order valence-corrected chi connectivity index (χ2v) is 5.29. The average Bonchev–Trinajstić information content (AvgIpc) is 2.92. The Bertz CT molecular complexity index is 544. The van der Waals surface area contributed by atoms with Gasteiger partial charge in [-0.1, -0.05) is 30.7 Å². The quantitative estimate of drug-likeness (QED) is 0.848. The van der Waals surface area contributed by atoms with Crippen LogP contribution in [0, 0.1) is 0 Å². The Morgan fingerprint density at radius 1 is 1.29 bits per heavy atom. The Balaban J connectivity index is 2.44. The zero-order chi connectivity index (χ0) is 15.2. The number of ether oxygens (including phenoxy) is 1. The van der Waals surface area contributed by atoms with E-state index in [2.05, 4.69) is 24.3 Å². The van der Waals surface area contributed by atoms with E-state index >= 15 is 0 Å². The lowest BCUT2D eigenvalue weighted by molar-refractivity contribution is 0.398. The number of benzene rings is 1. The molecular weight excluding hydrogens is 286 g/mol. The first kappa shape index (κ1) is 15.9. The van der Waals surface area contributed by atoms with Crippen molar-refractivity contribution in [3.05, 3.63) is 46.7 Å². The van der Waals surface area contributed by atoms with Gasteiger partial charge in [0.1, 0.15) is 5.69 Å². The van der Waals surface area contributed by atoms with Crippen LogP contribution < -0.4 is 10.1 Å². The van der Waals surface area contributed by atoms with Crippen LogP contribution in [0.5, 0.6) is 5.75 Å². The third-order valence-corrected chi connectivity index (χ3v) is 3.69. The number of rotatable bonds is 7. The van der Waals surface area contributed by atoms with Crippen LogP contribution in [0.4, 0.5) is 0 Å². The zero-order valence-corrected chi connectivity index (χ0v) is 13.5. The molecule has 1 atom stereocenters. The molecule has 1 unspecified atom stereocenters. The summed E-state index contributed by atoms with van der Waals surface area (Å²) in [5.41, 5.74) is 2.21. The highest BCUT2D eigenvalue weighted by Crippen LogP contribution is 2.30. The summed E-state index contributed by atoms with van der Waals surface area (Å²) in [6.45, 7) is 5.96. The topological polar surface area (TPSA) is 39.1 Å². The van der Waals surface area contributed by atoms with Gasteiger partial charge in [-0.25, -0.2) is 0 Å². The van der Waals surface area contributed by atoms with Gasteiger partial charge in [-0.3, -0.25) is 4.68 Å². The highest BCUT2D eigenvalue weighted by Gasteiger charge is 2.22. The third kappa shape index (κ3) is 3.57. The molecule has 0 saturated carbocycles. The van der Waals surface area contributed by atoms with E-state index < -0.39 is 0 Å². The van der Waals surface area contributed by atoms with Crippen LogP contribution in [0.15, 0.2) is 30.5 Å². The van der Waals surface area contributed by atoms with Crippen LogP contribution in [-0.2, 0) is 6.54 Å². The van der Waals surface area contributed by atoms with E-state index in [9.17, 15) is 0 Å². The molecule has 0 radical (unpaired) electrons. The predicted molar refractivity (Wildman–Crippen MR) is 86.0 cm³/mol. The molecule has 4 nitrogen and oxygen atoms in total. The van der Waals surface area contributed by atoms with Crippen LogP contribution >= 0.6 is 11.6 Å². The third-order valence-electron chi connectivity index (χ3n) is 3.44. The number of methoxy groups -OCH3 is 1. The van der Waals surface area contributed by atoms with Crippen molar-refractivity contribution in [1.82, 2.24) is 15.1 Å². The van der Waals surface area contributed by atoms with Crippen molar-refractivity contribution in [1.29, 1.82) is 0 Å². The monoisotopic (exact) mass is 307 g/mol. The Morgan fingerprint density at radius 3 is 2.57 bits per heavy atom. The lowest BCUT2D eigenvalue weighted by Crippen LogP contribution is -2.26. The fraction of sp³-hybridized carbons (Fsp3) is 0.438. The van der Waals surface area contributed by atoms with Crippen molar-refractivity contribution in [2.24, 2.45) is 0 Å². The lowest BCUT2D eigenvalue weighted by atomic mass is 10.0. The molecule has 1 aromatic carbocycles. The molecule has 0 fully saturated rings. The fourth-order valence-corrected chi connectivity index (χ4v) is 2.52. The molecule has 1 heterocycles. The minimum absolute atomic E-state index is 0.0413. The minimum atomic E-state index is 0.0413. The Morgan fingerprint density at radius 2 is 2.00 bits per heavy atom.